The first-order chi connectivity index (χ1) is 22.4. The summed E-state index contributed by atoms with van der Waals surface area (Å²) in [5.41, 5.74) is 2.28. The maximum absolute atomic E-state index is 14.4. The molecule has 0 aliphatic carbocycles. The summed E-state index contributed by atoms with van der Waals surface area (Å²) in [5, 5.41) is 0.992. The molecule has 6 rings (SSSR count). The Hall–Kier alpha value is -2.90. The molecule has 244 valence electrons. The number of amides is 2. The molecule has 2 amide bonds. The van der Waals surface area contributed by atoms with Crippen LogP contribution in [0, 0.1) is 5.41 Å². The standard InChI is InChI=1S/C38H45Cl2N3O3/c39-33-14-13-32(27-34(33)40)38(16-8-20-43(36(38)45)29-31-11-5-2-6-12-31)15-7-19-41-21-17-37(18-22-41,28-30-9-3-1-4-10-30)35(44)42-23-25-46-26-24-42/h1-6,9-14,27H,7-8,15-26,28-29H2. The summed E-state index contributed by atoms with van der Waals surface area (Å²) in [6.45, 7) is 6.56. The van der Waals surface area contributed by atoms with Gasteiger partial charge in [0.2, 0.25) is 11.8 Å². The molecule has 3 aromatic rings. The summed E-state index contributed by atoms with van der Waals surface area (Å²) in [4.78, 5) is 35.0. The van der Waals surface area contributed by atoms with Crippen LogP contribution in [0.15, 0.2) is 78.9 Å². The van der Waals surface area contributed by atoms with Gasteiger partial charge in [-0.2, -0.15) is 0 Å². The van der Waals surface area contributed by atoms with Gasteiger partial charge in [0.1, 0.15) is 0 Å². The lowest BCUT2D eigenvalue weighted by Gasteiger charge is -2.45. The van der Waals surface area contributed by atoms with Crippen molar-refractivity contribution in [1.29, 1.82) is 0 Å². The minimum absolute atomic E-state index is 0.178. The van der Waals surface area contributed by atoms with Gasteiger partial charge in [-0.15, -0.1) is 0 Å². The van der Waals surface area contributed by atoms with E-state index in [9.17, 15) is 9.59 Å². The SMILES string of the molecule is O=C(N1CCOCC1)C1(Cc2ccccc2)CCN(CCCC2(c3ccc(Cl)c(Cl)c3)CCCN(Cc3ccccc3)C2=O)CC1. The molecule has 0 aromatic heterocycles. The molecule has 3 heterocycles. The lowest BCUT2D eigenvalue weighted by atomic mass is 9.70. The molecular formula is C38H45Cl2N3O3. The number of piperidine rings is 2. The number of ether oxygens (including phenoxy) is 1. The van der Waals surface area contributed by atoms with Crippen molar-refractivity contribution in [3.8, 4) is 0 Å². The van der Waals surface area contributed by atoms with Crippen molar-refractivity contribution in [3.63, 3.8) is 0 Å². The van der Waals surface area contributed by atoms with E-state index in [2.05, 4.69) is 41.3 Å². The fraction of sp³-hybridized carbons (Fsp3) is 0.474. The van der Waals surface area contributed by atoms with Crippen molar-refractivity contribution in [2.75, 3.05) is 52.5 Å². The fourth-order valence-electron chi connectivity index (χ4n) is 7.84. The Morgan fingerprint density at radius 1 is 0.783 bits per heavy atom. The number of morpholine rings is 1. The van der Waals surface area contributed by atoms with E-state index in [1.54, 1.807) is 0 Å². The predicted octanol–water partition coefficient (Wildman–Crippen LogP) is 7.02. The topological polar surface area (TPSA) is 53.1 Å². The van der Waals surface area contributed by atoms with Crippen LogP contribution >= 0.6 is 23.2 Å². The summed E-state index contributed by atoms with van der Waals surface area (Å²) >= 11 is 12.8. The van der Waals surface area contributed by atoms with Crippen LogP contribution in [0.1, 0.15) is 55.2 Å². The quantitative estimate of drug-likeness (QED) is 0.234. The zero-order valence-electron chi connectivity index (χ0n) is 26.6. The molecule has 0 spiro atoms. The van der Waals surface area contributed by atoms with Crippen molar-refractivity contribution < 1.29 is 14.3 Å². The van der Waals surface area contributed by atoms with Crippen molar-refractivity contribution in [2.24, 2.45) is 5.41 Å². The molecule has 0 N–H and O–H groups in total. The minimum atomic E-state index is -0.638. The summed E-state index contributed by atoms with van der Waals surface area (Å²) in [6, 6.07) is 26.4. The minimum Gasteiger partial charge on any atom is -0.378 e. The highest BCUT2D eigenvalue weighted by Gasteiger charge is 2.46. The number of rotatable bonds is 10. The fourth-order valence-corrected chi connectivity index (χ4v) is 8.14. The molecule has 3 aromatic carbocycles. The zero-order chi connectivity index (χ0) is 32.0. The van der Waals surface area contributed by atoms with Gasteiger partial charge in [0.25, 0.3) is 0 Å². The summed E-state index contributed by atoms with van der Waals surface area (Å²) in [7, 11) is 0. The highest BCUT2D eigenvalue weighted by Crippen LogP contribution is 2.43. The number of halogens is 2. The third-order valence-corrected chi connectivity index (χ3v) is 11.2. The van der Waals surface area contributed by atoms with E-state index in [1.807, 2.05) is 52.3 Å². The second-order valence-electron chi connectivity index (χ2n) is 13.3. The number of carbonyl (C=O) groups excluding carboxylic acids is 2. The maximum Gasteiger partial charge on any atom is 0.233 e. The lowest BCUT2D eigenvalue weighted by Crippen LogP contribution is -2.54. The highest BCUT2D eigenvalue weighted by atomic mass is 35.5. The summed E-state index contributed by atoms with van der Waals surface area (Å²) in [6.07, 6.45) is 5.79. The van der Waals surface area contributed by atoms with Crippen LogP contribution < -0.4 is 0 Å². The van der Waals surface area contributed by atoms with Crippen molar-refractivity contribution in [2.45, 2.75) is 56.9 Å². The Kier molecular flexibility index (Phi) is 10.7. The number of nitrogens with zero attached hydrogens (tertiary/aromatic N) is 3. The van der Waals surface area contributed by atoms with Crippen LogP contribution in [0.25, 0.3) is 0 Å². The summed E-state index contributed by atoms with van der Waals surface area (Å²) < 4.78 is 5.55. The van der Waals surface area contributed by atoms with Gasteiger partial charge in [0, 0.05) is 26.2 Å². The number of benzene rings is 3. The molecule has 8 heteroatoms. The largest absolute Gasteiger partial charge is 0.378 e. The smallest absolute Gasteiger partial charge is 0.233 e. The molecular weight excluding hydrogens is 617 g/mol. The van der Waals surface area contributed by atoms with Gasteiger partial charge in [-0.3, -0.25) is 9.59 Å². The van der Waals surface area contributed by atoms with E-state index in [1.165, 1.54) is 5.56 Å². The van der Waals surface area contributed by atoms with E-state index in [0.717, 1.165) is 82.3 Å². The van der Waals surface area contributed by atoms with Crippen molar-refractivity contribution in [1.82, 2.24) is 14.7 Å². The maximum atomic E-state index is 14.4. The van der Waals surface area contributed by atoms with Crippen LogP contribution in [0.3, 0.4) is 0 Å². The second-order valence-corrected chi connectivity index (χ2v) is 14.1. The molecule has 1 atom stereocenters. The molecule has 1 unspecified atom stereocenters. The van der Waals surface area contributed by atoms with Gasteiger partial charge in [0.15, 0.2) is 0 Å². The van der Waals surface area contributed by atoms with Crippen LogP contribution in [-0.4, -0.2) is 79.0 Å². The predicted molar refractivity (Wildman–Crippen MR) is 184 cm³/mol. The Morgan fingerprint density at radius 2 is 1.46 bits per heavy atom. The Bertz CT molecular complexity index is 1470. The zero-order valence-corrected chi connectivity index (χ0v) is 28.2. The molecule has 3 aliphatic heterocycles. The second kappa shape index (κ2) is 14.9. The average molecular weight is 663 g/mol. The van der Waals surface area contributed by atoms with E-state index in [4.69, 9.17) is 27.9 Å². The Morgan fingerprint density at radius 3 is 2.13 bits per heavy atom. The highest BCUT2D eigenvalue weighted by molar-refractivity contribution is 6.42. The normalized spacial score (nSPS) is 22.2. The molecule has 0 bridgehead atoms. The van der Waals surface area contributed by atoms with Crippen molar-refractivity contribution >= 4 is 35.0 Å². The third kappa shape index (κ3) is 7.31. The molecule has 3 saturated heterocycles. The van der Waals surface area contributed by atoms with E-state index < -0.39 is 10.8 Å². The van der Waals surface area contributed by atoms with Crippen LogP contribution in [0.4, 0.5) is 0 Å². The first-order valence-corrected chi connectivity index (χ1v) is 17.6. The van der Waals surface area contributed by atoms with Crippen LogP contribution in [-0.2, 0) is 32.7 Å². The van der Waals surface area contributed by atoms with E-state index in [-0.39, 0.29) is 11.8 Å². The number of hydrogen-bond acceptors (Lipinski definition) is 4. The monoisotopic (exact) mass is 661 g/mol. The van der Waals surface area contributed by atoms with Gasteiger partial charge in [0.05, 0.1) is 34.1 Å². The first-order valence-electron chi connectivity index (χ1n) is 16.8. The van der Waals surface area contributed by atoms with Gasteiger partial charge in [-0.05, 0) is 93.4 Å². The Labute approximate surface area is 283 Å². The molecule has 3 fully saturated rings. The summed E-state index contributed by atoms with van der Waals surface area (Å²) in [5.74, 6) is 0.460. The third-order valence-electron chi connectivity index (χ3n) is 10.4. The Balaban J connectivity index is 1.15. The average Bonchev–Trinajstić information content (AvgIpc) is 3.09. The molecule has 0 radical (unpaired) electrons. The van der Waals surface area contributed by atoms with Gasteiger partial charge >= 0.3 is 0 Å². The number of likely N-dealkylation sites (tertiary alicyclic amines) is 2. The van der Waals surface area contributed by atoms with Crippen LogP contribution in [0.5, 0.6) is 0 Å². The van der Waals surface area contributed by atoms with Gasteiger partial charge in [-0.1, -0.05) is 89.9 Å². The van der Waals surface area contributed by atoms with E-state index in [0.29, 0.717) is 42.9 Å². The molecule has 46 heavy (non-hydrogen) atoms. The lowest BCUT2D eigenvalue weighted by molar-refractivity contribution is -0.149. The number of hydrogen-bond donors (Lipinski definition) is 0. The van der Waals surface area contributed by atoms with Gasteiger partial charge < -0.3 is 19.4 Å². The molecule has 0 saturated carbocycles. The first kappa shape index (κ1) is 33.0. The number of carbonyl (C=O) groups is 2. The van der Waals surface area contributed by atoms with E-state index >= 15 is 0 Å². The molecule has 6 nitrogen and oxygen atoms in total. The molecule has 3 aliphatic rings. The van der Waals surface area contributed by atoms with Crippen LogP contribution in [0.2, 0.25) is 10.0 Å². The van der Waals surface area contributed by atoms with Crippen molar-refractivity contribution in [3.05, 3.63) is 106 Å². The van der Waals surface area contributed by atoms with Gasteiger partial charge in [-0.25, -0.2) is 0 Å².